The molecule has 0 saturated heterocycles. The Morgan fingerprint density at radius 2 is 1.90 bits per heavy atom. The number of H-pyrrole nitrogens is 1. The summed E-state index contributed by atoms with van der Waals surface area (Å²) in [4.78, 5) is 39.7. The minimum Gasteiger partial charge on any atom is -0.467 e. The smallest absolute Gasteiger partial charge is 0.328 e. The average molecular weight is 487 g/mol. The van der Waals surface area contributed by atoms with Gasteiger partial charge in [-0.05, 0) is 29.3 Å². The van der Waals surface area contributed by atoms with Gasteiger partial charge in [-0.25, -0.2) is 9.59 Å². The molecular weight excluding hydrogens is 464 g/mol. The van der Waals surface area contributed by atoms with E-state index in [1.165, 1.54) is 7.11 Å². The van der Waals surface area contributed by atoms with Gasteiger partial charge in [-0.15, -0.1) is 0 Å². The summed E-state index contributed by atoms with van der Waals surface area (Å²) in [6.07, 6.45) is 1.97. The second kappa shape index (κ2) is 10.1. The molecular formula is C22H23BrN4O4. The van der Waals surface area contributed by atoms with Crippen LogP contribution >= 0.6 is 15.9 Å². The van der Waals surface area contributed by atoms with E-state index in [1.807, 2.05) is 36.5 Å². The number of benzene rings is 2. The standard InChI is InChI=1S/C22H23BrN4O4/c1-31-21(29)19(10-14-12-25-17-8-3-2-7-16(14)17)26-20(28)11-18(27-22(24)30)13-5-4-6-15(23)9-13/h2-9,12,18-19,25H,10-11H2,1H3,(H,26,28)(H3,24,27,30). The van der Waals surface area contributed by atoms with Crippen molar-refractivity contribution in [1.29, 1.82) is 0 Å². The van der Waals surface area contributed by atoms with Gasteiger partial charge in [0.05, 0.1) is 19.6 Å². The molecule has 0 bridgehead atoms. The van der Waals surface area contributed by atoms with Crippen molar-refractivity contribution in [2.24, 2.45) is 5.73 Å². The largest absolute Gasteiger partial charge is 0.467 e. The summed E-state index contributed by atoms with van der Waals surface area (Å²) in [7, 11) is 1.27. The van der Waals surface area contributed by atoms with Crippen molar-refractivity contribution in [2.45, 2.75) is 24.9 Å². The van der Waals surface area contributed by atoms with Crippen molar-refractivity contribution in [2.75, 3.05) is 7.11 Å². The van der Waals surface area contributed by atoms with Crippen LogP contribution in [0, 0.1) is 0 Å². The van der Waals surface area contributed by atoms with Crippen LogP contribution in [0.15, 0.2) is 59.2 Å². The summed E-state index contributed by atoms with van der Waals surface area (Å²) in [5, 5.41) is 6.27. The molecule has 0 saturated carbocycles. The van der Waals surface area contributed by atoms with Crippen LogP contribution in [0.3, 0.4) is 0 Å². The maximum absolute atomic E-state index is 12.8. The first-order chi connectivity index (χ1) is 14.9. The molecule has 0 fully saturated rings. The van der Waals surface area contributed by atoms with Gasteiger partial charge in [0.15, 0.2) is 0 Å². The predicted octanol–water partition coefficient (Wildman–Crippen LogP) is 2.93. The van der Waals surface area contributed by atoms with Crippen LogP contribution in [0.25, 0.3) is 10.9 Å². The molecule has 2 unspecified atom stereocenters. The van der Waals surface area contributed by atoms with Gasteiger partial charge in [-0.2, -0.15) is 0 Å². The maximum Gasteiger partial charge on any atom is 0.328 e. The zero-order chi connectivity index (χ0) is 22.4. The van der Waals surface area contributed by atoms with E-state index >= 15 is 0 Å². The Morgan fingerprint density at radius 3 is 2.61 bits per heavy atom. The molecule has 2 atom stereocenters. The molecule has 31 heavy (non-hydrogen) atoms. The number of primary amides is 1. The van der Waals surface area contributed by atoms with E-state index in [0.717, 1.165) is 20.9 Å². The van der Waals surface area contributed by atoms with Crippen molar-refractivity contribution in [3.8, 4) is 0 Å². The van der Waals surface area contributed by atoms with Crippen molar-refractivity contribution in [3.63, 3.8) is 0 Å². The predicted molar refractivity (Wildman–Crippen MR) is 120 cm³/mol. The second-order valence-electron chi connectivity index (χ2n) is 7.03. The number of fused-ring (bicyclic) bond motifs is 1. The lowest BCUT2D eigenvalue weighted by Crippen LogP contribution is -2.44. The van der Waals surface area contributed by atoms with Crippen molar-refractivity contribution >= 4 is 44.7 Å². The van der Waals surface area contributed by atoms with Crippen molar-refractivity contribution < 1.29 is 19.1 Å². The molecule has 0 aliphatic rings. The number of carbonyl (C=O) groups excluding carboxylic acids is 3. The topological polar surface area (TPSA) is 126 Å². The van der Waals surface area contributed by atoms with Crippen LogP contribution in [0.4, 0.5) is 4.79 Å². The number of esters is 1. The van der Waals surface area contributed by atoms with Gasteiger partial charge in [-0.1, -0.05) is 46.3 Å². The van der Waals surface area contributed by atoms with Crippen LogP contribution in [-0.2, 0) is 20.7 Å². The lowest BCUT2D eigenvalue weighted by atomic mass is 10.0. The molecule has 9 heteroatoms. The van der Waals surface area contributed by atoms with Crippen LogP contribution in [0.5, 0.6) is 0 Å². The van der Waals surface area contributed by atoms with E-state index in [1.54, 1.807) is 18.2 Å². The van der Waals surface area contributed by atoms with Crippen LogP contribution < -0.4 is 16.4 Å². The van der Waals surface area contributed by atoms with Crippen LogP contribution in [0.1, 0.15) is 23.6 Å². The molecule has 0 aliphatic carbocycles. The normalized spacial score (nSPS) is 12.7. The number of aromatic nitrogens is 1. The number of nitrogens with one attached hydrogen (secondary N) is 3. The number of halogens is 1. The second-order valence-corrected chi connectivity index (χ2v) is 7.94. The fourth-order valence-corrected chi connectivity index (χ4v) is 3.86. The van der Waals surface area contributed by atoms with Gasteiger partial charge < -0.3 is 26.1 Å². The number of aromatic amines is 1. The molecule has 8 nitrogen and oxygen atoms in total. The van der Waals surface area contributed by atoms with Gasteiger partial charge in [0.25, 0.3) is 0 Å². The van der Waals surface area contributed by atoms with Gasteiger partial charge in [0.2, 0.25) is 5.91 Å². The van der Waals surface area contributed by atoms with E-state index in [0.29, 0.717) is 5.56 Å². The number of nitrogens with two attached hydrogens (primary N) is 1. The summed E-state index contributed by atoms with van der Waals surface area (Å²) in [5.74, 6) is -0.977. The number of urea groups is 1. The minimum absolute atomic E-state index is 0.0965. The van der Waals surface area contributed by atoms with Crippen molar-refractivity contribution in [3.05, 3.63) is 70.3 Å². The number of ether oxygens (including phenoxy) is 1. The third-order valence-corrected chi connectivity index (χ3v) is 5.37. The van der Waals surface area contributed by atoms with E-state index in [-0.39, 0.29) is 12.8 Å². The maximum atomic E-state index is 12.8. The first-order valence-electron chi connectivity index (χ1n) is 9.61. The third-order valence-electron chi connectivity index (χ3n) is 4.88. The summed E-state index contributed by atoms with van der Waals surface area (Å²) in [6.45, 7) is 0. The highest BCUT2D eigenvalue weighted by molar-refractivity contribution is 9.10. The Kier molecular flexibility index (Phi) is 7.30. The zero-order valence-electron chi connectivity index (χ0n) is 16.9. The number of amides is 3. The molecule has 3 aromatic rings. The lowest BCUT2D eigenvalue weighted by Gasteiger charge is -2.21. The number of carbonyl (C=O) groups is 3. The fraction of sp³-hybridized carbons (Fsp3) is 0.227. The molecule has 2 aromatic carbocycles. The first-order valence-corrected chi connectivity index (χ1v) is 10.4. The fourth-order valence-electron chi connectivity index (χ4n) is 3.44. The SMILES string of the molecule is COC(=O)C(Cc1c[nH]c2ccccc12)NC(=O)CC(NC(N)=O)c1cccc(Br)c1. The minimum atomic E-state index is -0.881. The highest BCUT2D eigenvalue weighted by Crippen LogP contribution is 2.22. The molecule has 5 N–H and O–H groups in total. The quantitative estimate of drug-likeness (QED) is 0.365. The van der Waals surface area contributed by atoms with Gasteiger partial charge in [-0.3, -0.25) is 4.79 Å². The van der Waals surface area contributed by atoms with Gasteiger partial charge >= 0.3 is 12.0 Å². The number of rotatable bonds is 8. The van der Waals surface area contributed by atoms with E-state index in [4.69, 9.17) is 10.5 Å². The third kappa shape index (κ3) is 5.85. The number of para-hydroxylation sites is 1. The summed E-state index contributed by atoms with van der Waals surface area (Å²) < 4.78 is 5.68. The average Bonchev–Trinajstić information content (AvgIpc) is 3.15. The molecule has 3 rings (SSSR count). The molecule has 0 spiro atoms. The molecule has 1 aromatic heterocycles. The summed E-state index contributed by atoms with van der Waals surface area (Å²) >= 11 is 3.38. The Balaban J connectivity index is 1.76. The Morgan fingerprint density at radius 1 is 1.13 bits per heavy atom. The van der Waals surface area contributed by atoms with E-state index in [2.05, 4.69) is 31.5 Å². The molecule has 0 aliphatic heterocycles. The highest BCUT2D eigenvalue weighted by Gasteiger charge is 2.25. The molecule has 3 amide bonds. The number of methoxy groups -OCH3 is 1. The van der Waals surface area contributed by atoms with E-state index < -0.39 is 30.0 Å². The van der Waals surface area contributed by atoms with Crippen molar-refractivity contribution in [1.82, 2.24) is 15.6 Å². The molecule has 1 heterocycles. The number of hydrogen-bond donors (Lipinski definition) is 4. The van der Waals surface area contributed by atoms with Gasteiger partial charge in [0.1, 0.15) is 6.04 Å². The Bertz CT molecular complexity index is 1100. The van der Waals surface area contributed by atoms with Crippen LogP contribution in [0.2, 0.25) is 0 Å². The Labute approximate surface area is 187 Å². The summed E-state index contributed by atoms with van der Waals surface area (Å²) in [6, 6.07) is 12.6. The Hall–Kier alpha value is -3.33. The summed E-state index contributed by atoms with van der Waals surface area (Å²) in [5.41, 5.74) is 7.81. The monoisotopic (exact) mass is 486 g/mol. The zero-order valence-corrected chi connectivity index (χ0v) is 18.4. The first kappa shape index (κ1) is 22.4. The highest BCUT2D eigenvalue weighted by atomic mass is 79.9. The van der Waals surface area contributed by atoms with E-state index in [9.17, 15) is 14.4 Å². The van der Waals surface area contributed by atoms with Gasteiger partial charge in [0, 0.05) is 28.0 Å². The number of hydrogen-bond acceptors (Lipinski definition) is 4. The van der Waals surface area contributed by atoms with Crippen LogP contribution in [-0.4, -0.2) is 36.0 Å². The molecule has 0 radical (unpaired) electrons. The molecule has 162 valence electrons. The lowest BCUT2D eigenvalue weighted by molar-refractivity contribution is -0.145.